The molecule has 162 valence electrons. The van der Waals surface area contributed by atoms with Crippen LogP contribution in [-0.2, 0) is 11.9 Å². The molecule has 1 unspecified atom stereocenters. The molecule has 0 bridgehead atoms. The van der Waals surface area contributed by atoms with E-state index in [2.05, 4.69) is 53.3 Å². The monoisotopic (exact) mass is 492 g/mol. The lowest BCUT2D eigenvalue weighted by molar-refractivity contribution is -0.0367. The Labute approximate surface area is 199 Å². The number of anilines is 1. The Morgan fingerprint density at radius 1 is 1.28 bits per heavy atom. The molecular weight excluding hydrogens is 468 g/mol. The molecular formula is C25H25B2BrF2N2. The second-order valence-corrected chi connectivity index (χ2v) is 9.73. The quantitative estimate of drug-likeness (QED) is 0.396. The van der Waals surface area contributed by atoms with E-state index in [0.717, 1.165) is 34.8 Å². The van der Waals surface area contributed by atoms with Gasteiger partial charge in [0.2, 0.25) is 5.82 Å². The van der Waals surface area contributed by atoms with Crippen molar-refractivity contribution in [2.24, 2.45) is 5.92 Å². The van der Waals surface area contributed by atoms with Crippen molar-refractivity contribution in [1.82, 2.24) is 4.90 Å². The van der Waals surface area contributed by atoms with Gasteiger partial charge in [0.25, 0.3) is 6.85 Å². The van der Waals surface area contributed by atoms with E-state index in [1.165, 1.54) is 4.90 Å². The largest absolute Gasteiger partial charge is 0.373 e. The fourth-order valence-corrected chi connectivity index (χ4v) is 4.78. The van der Waals surface area contributed by atoms with Crippen LogP contribution in [-0.4, -0.2) is 32.5 Å². The minimum atomic E-state index is -3.60. The SMILES string of the molecule is [B]C(F)(F)C1(C#CC2CC2)c2cc(C)c(Br)cc2N(B(C)Cc2ccccc2)C(=C)N1C. The van der Waals surface area contributed by atoms with Gasteiger partial charge in [0, 0.05) is 28.7 Å². The Hall–Kier alpha value is -2.19. The molecule has 4 rings (SSSR count). The number of fused-ring (bicyclic) bond motifs is 1. The van der Waals surface area contributed by atoms with Crippen LogP contribution in [0.5, 0.6) is 0 Å². The molecule has 2 aliphatic rings. The van der Waals surface area contributed by atoms with Crippen LogP contribution in [0.3, 0.4) is 0 Å². The van der Waals surface area contributed by atoms with E-state index in [4.69, 9.17) is 7.85 Å². The number of hydrogen-bond donors (Lipinski definition) is 0. The third-order valence-electron chi connectivity index (χ3n) is 6.43. The first-order valence-corrected chi connectivity index (χ1v) is 11.6. The molecule has 1 saturated carbocycles. The Kier molecular flexibility index (Phi) is 5.96. The van der Waals surface area contributed by atoms with Crippen LogP contribution in [0.15, 0.2) is 59.3 Å². The van der Waals surface area contributed by atoms with Gasteiger partial charge in [0.1, 0.15) is 0 Å². The zero-order valence-corrected chi connectivity index (χ0v) is 20.2. The highest BCUT2D eigenvalue weighted by molar-refractivity contribution is 9.10. The summed E-state index contributed by atoms with van der Waals surface area (Å²) in [5.74, 6) is 3.00. The molecule has 2 aromatic carbocycles. The topological polar surface area (TPSA) is 6.48 Å². The third kappa shape index (κ3) is 3.88. The Morgan fingerprint density at radius 3 is 2.53 bits per heavy atom. The van der Waals surface area contributed by atoms with E-state index in [-0.39, 0.29) is 12.8 Å². The van der Waals surface area contributed by atoms with E-state index in [1.54, 1.807) is 13.1 Å². The predicted molar refractivity (Wildman–Crippen MR) is 133 cm³/mol. The van der Waals surface area contributed by atoms with Gasteiger partial charge in [0.05, 0.1) is 5.82 Å². The van der Waals surface area contributed by atoms with Crippen molar-refractivity contribution in [2.45, 2.75) is 44.3 Å². The Morgan fingerprint density at radius 2 is 1.94 bits per heavy atom. The number of aryl methyl sites for hydroxylation is 1. The summed E-state index contributed by atoms with van der Waals surface area (Å²) in [6.45, 7) is 8.16. The number of alkyl halides is 2. The van der Waals surface area contributed by atoms with Crippen LogP contribution in [0, 0.1) is 24.7 Å². The zero-order valence-electron chi connectivity index (χ0n) is 18.6. The van der Waals surface area contributed by atoms with E-state index < -0.39 is 11.4 Å². The van der Waals surface area contributed by atoms with Gasteiger partial charge in [-0.3, -0.25) is 0 Å². The van der Waals surface area contributed by atoms with Crippen molar-refractivity contribution in [1.29, 1.82) is 0 Å². The lowest BCUT2D eigenvalue weighted by Gasteiger charge is -2.54. The summed E-state index contributed by atoms with van der Waals surface area (Å²) in [5, 5.41) is 0. The molecule has 2 aromatic rings. The molecule has 32 heavy (non-hydrogen) atoms. The molecule has 0 saturated heterocycles. The fourth-order valence-electron chi connectivity index (χ4n) is 4.45. The van der Waals surface area contributed by atoms with Gasteiger partial charge < -0.3 is 9.71 Å². The molecule has 2 radical (unpaired) electrons. The molecule has 1 aliphatic carbocycles. The second-order valence-electron chi connectivity index (χ2n) is 8.88. The second kappa shape index (κ2) is 8.30. The highest BCUT2D eigenvalue weighted by atomic mass is 79.9. The summed E-state index contributed by atoms with van der Waals surface area (Å²) in [4.78, 5) is 3.49. The average Bonchev–Trinajstić information content (AvgIpc) is 3.55. The maximum Gasteiger partial charge on any atom is 0.263 e. The van der Waals surface area contributed by atoms with Gasteiger partial charge in [0.15, 0.2) is 13.4 Å². The maximum absolute atomic E-state index is 15.3. The minimum absolute atomic E-state index is 0.0264. The Balaban J connectivity index is 1.90. The van der Waals surface area contributed by atoms with Crippen LogP contribution >= 0.6 is 15.9 Å². The first-order valence-electron chi connectivity index (χ1n) is 10.8. The first kappa shape index (κ1) is 23.0. The van der Waals surface area contributed by atoms with Crippen molar-refractivity contribution in [2.75, 3.05) is 11.9 Å². The van der Waals surface area contributed by atoms with E-state index in [9.17, 15) is 0 Å². The van der Waals surface area contributed by atoms with Crippen molar-refractivity contribution < 1.29 is 8.78 Å². The minimum Gasteiger partial charge on any atom is -0.373 e. The lowest BCUT2D eigenvalue weighted by atomic mass is 9.56. The molecule has 2 nitrogen and oxygen atoms in total. The third-order valence-corrected chi connectivity index (χ3v) is 7.28. The molecule has 1 aliphatic heterocycles. The summed E-state index contributed by atoms with van der Waals surface area (Å²) in [6, 6.07) is 13.8. The normalized spacial score (nSPS) is 20.5. The number of nitrogens with zero attached hydrogens (tertiary/aromatic N) is 2. The fraction of sp³-hybridized carbons (Fsp3) is 0.360. The lowest BCUT2D eigenvalue weighted by Crippen LogP contribution is -2.62. The summed E-state index contributed by atoms with van der Waals surface area (Å²) >= 11 is 3.59. The molecule has 0 spiro atoms. The summed E-state index contributed by atoms with van der Waals surface area (Å²) in [7, 11) is 7.22. The standard InChI is InChI=1S/C25H25B2BrF2N2/c1-17-14-21-23(15-22(17)28)32(27(3)16-20-8-6-5-7-9-20)18(2)31(4)24(21,25(26,29)30)13-12-19-10-11-19/h5-9,14-15,19H,2,10-11,16H2,1,3-4H3. The molecule has 1 atom stereocenters. The average molecular weight is 493 g/mol. The summed E-state index contributed by atoms with van der Waals surface area (Å²) < 4.78 is 31.5. The van der Waals surface area contributed by atoms with E-state index in [0.29, 0.717) is 17.1 Å². The van der Waals surface area contributed by atoms with Crippen LogP contribution in [0.2, 0.25) is 6.82 Å². The van der Waals surface area contributed by atoms with Crippen LogP contribution in [0.1, 0.15) is 29.5 Å². The van der Waals surface area contributed by atoms with Crippen molar-refractivity contribution in [3.63, 3.8) is 0 Å². The maximum atomic E-state index is 15.3. The molecule has 0 aromatic heterocycles. The molecule has 1 fully saturated rings. The Bertz CT molecular complexity index is 1100. The summed E-state index contributed by atoms with van der Waals surface area (Å²) in [5.41, 5.74) is 1.09. The number of benzene rings is 2. The van der Waals surface area contributed by atoms with Crippen LogP contribution in [0.25, 0.3) is 0 Å². The number of halogens is 3. The molecule has 0 N–H and O–H groups in total. The molecule has 7 heteroatoms. The summed E-state index contributed by atoms with van der Waals surface area (Å²) in [6.07, 6.45) is 2.62. The van der Waals surface area contributed by atoms with E-state index in [1.807, 2.05) is 36.0 Å². The van der Waals surface area contributed by atoms with Gasteiger partial charge >= 0.3 is 0 Å². The van der Waals surface area contributed by atoms with Gasteiger partial charge in [-0.1, -0.05) is 77.1 Å². The highest BCUT2D eigenvalue weighted by Crippen LogP contribution is 2.51. The molecule has 0 amide bonds. The van der Waals surface area contributed by atoms with Crippen molar-refractivity contribution in [3.8, 4) is 11.8 Å². The van der Waals surface area contributed by atoms with Gasteiger partial charge in [-0.05, 0) is 43.8 Å². The zero-order chi connectivity index (χ0) is 23.3. The van der Waals surface area contributed by atoms with Crippen molar-refractivity contribution >= 4 is 36.3 Å². The predicted octanol–water partition coefficient (Wildman–Crippen LogP) is 5.75. The van der Waals surface area contributed by atoms with Crippen LogP contribution < -0.4 is 4.81 Å². The van der Waals surface area contributed by atoms with Crippen LogP contribution in [0.4, 0.5) is 14.5 Å². The smallest absolute Gasteiger partial charge is 0.263 e. The molecule has 1 heterocycles. The first-order chi connectivity index (χ1) is 15.1. The van der Waals surface area contributed by atoms with E-state index >= 15 is 8.78 Å². The number of rotatable bonds is 4. The van der Waals surface area contributed by atoms with Gasteiger partial charge in [-0.15, -0.1) is 0 Å². The van der Waals surface area contributed by atoms with Gasteiger partial charge in [-0.25, -0.2) is 8.78 Å². The van der Waals surface area contributed by atoms with Crippen molar-refractivity contribution in [3.05, 3.63) is 76.0 Å². The highest BCUT2D eigenvalue weighted by Gasteiger charge is 2.58. The number of hydrogen-bond acceptors (Lipinski definition) is 2. The van der Waals surface area contributed by atoms with Gasteiger partial charge in [-0.2, -0.15) is 0 Å².